The summed E-state index contributed by atoms with van der Waals surface area (Å²) < 4.78 is 0. The van der Waals surface area contributed by atoms with Crippen molar-refractivity contribution >= 4 is 29.0 Å². The van der Waals surface area contributed by atoms with E-state index in [4.69, 9.17) is 23.2 Å². The minimum Gasteiger partial charge on any atom is -0.298 e. The van der Waals surface area contributed by atoms with Gasteiger partial charge in [-0.15, -0.1) is 0 Å². The van der Waals surface area contributed by atoms with Crippen LogP contribution in [0, 0.1) is 0 Å². The SMILES string of the molecule is O=C(C1(c2ccc(Cl)cc2)CCCCC1)C1(c2ccc(Cl)cc2)CCCCC1. The second kappa shape index (κ2) is 8.20. The molecule has 0 heterocycles. The molecule has 1 nitrogen and oxygen atoms in total. The fourth-order valence-corrected chi connectivity index (χ4v) is 5.85. The van der Waals surface area contributed by atoms with Gasteiger partial charge in [-0.25, -0.2) is 0 Å². The lowest BCUT2D eigenvalue weighted by molar-refractivity contribution is -0.133. The summed E-state index contributed by atoms with van der Waals surface area (Å²) in [6, 6.07) is 16.1. The summed E-state index contributed by atoms with van der Waals surface area (Å²) in [6.07, 6.45) is 10.7. The molecule has 0 bridgehead atoms. The molecule has 0 aromatic heterocycles. The van der Waals surface area contributed by atoms with Crippen molar-refractivity contribution < 1.29 is 4.79 Å². The lowest BCUT2D eigenvalue weighted by atomic mass is 9.55. The van der Waals surface area contributed by atoms with Crippen LogP contribution in [0.1, 0.15) is 75.3 Å². The first-order valence-corrected chi connectivity index (χ1v) is 11.4. The molecule has 0 aliphatic heterocycles. The van der Waals surface area contributed by atoms with E-state index in [1.807, 2.05) is 24.3 Å². The van der Waals surface area contributed by atoms with Gasteiger partial charge in [-0.05, 0) is 61.1 Å². The molecule has 2 aliphatic carbocycles. The summed E-state index contributed by atoms with van der Waals surface area (Å²) in [7, 11) is 0. The fraction of sp³-hybridized carbons (Fsp3) is 0.480. The third-order valence-corrected chi connectivity index (χ3v) is 7.58. The number of rotatable bonds is 4. The molecule has 2 fully saturated rings. The summed E-state index contributed by atoms with van der Waals surface area (Å²) >= 11 is 12.3. The topological polar surface area (TPSA) is 17.1 Å². The Labute approximate surface area is 178 Å². The molecule has 0 atom stereocenters. The first-order valence-electron chi connectivity index (χ1n) is 10.6. The van der Waals surface area contributed by atoms with Crippen molar-refractivity contribution in [2.24, 2.45) is 0 Å². The smallest absolute Gasteiger partial charge is 0.153 e. The Morgan fingerprint density at radius 3 is 1.21 bits per heavy atom. The highest BCUT2D eigenvalue weighted by Gasteiger charge is 2.52. The van der Waals surface area contributed by atoms with Crippen LogP contribution in [0.3, 0.4) is 0 Å². The molecular formula is C25H28Cl2O. The summed E-state index contributed by atoms with van der Waals surface area (Å²) in [5, 5.41) is 1.46. The molecule has 0 radical (unpaired) electrons. The standard InChI is InChI=1S/C25H28Cl2O/c26-21-11-7-19(8-12-21)24(15-3-1-4-16-24)23(28)25(17-5-2-6-18-25)20-9-13-22(27)14-10-20/h7-14H,1-6,15-18H2. The number of halogens is 2. The fourth-order valence-electron chi connectivity index (χ4n) is 5.60. The monoisotopic (exact) mass is 414 g/mol. The Morgan fingerprint density at radius 1 is 0.571 bits per heavy atom. The van der Waals surface area contributed by atoms with Crippen LogP contribution in [-0.4, -0.2) is 5.78 Å². The maximum Gasteiger partial charge on any atom is 0.153 e. The van der Waals surface area contributed by atoms with E-state index >= 15 is 0 Å². The zero-order valence-corrected chi connectivity index (χ0v) is 17.9. The van der Waals surface area contributed by atoms with Crippen molar-refractivity contribution in [1.29, 1.82) is 0 Å². The molecule has 2 aromatic carbocycles. The van der Waals surface area contributed by atoms with Crippen LogP contribution in [0.2, 0.25) is 10.0 Å². The lowest BCUT2D eigenvalue weighted by Gasteiger charge is -2.46. The van der Waals surface area contributed by atoms with Crippen molar-refractivity contribution in [3.63, 3.8) is 0 Å². The Bertz CT molecular complexity index is 741. The molecule has 0 saturated heterocycles. The van der Waals surface area contributed by atoms with Crippen LogP contribution < -0.4 is 0 Å². The minimum absolute atomic E-state index is 0.389. The third-order valence-electron chi connectivity index (χ3n) is 7.08. The maximum absolute atomic E-state index is 14.5. The first kappa shape index (κ1) is 20.0. The van der Waals surface area contributed by atoms with Gasteiger partial charge in [0.05, 0.1) is 10.8 Å². The van der Waals surface area contributed by atoms with Crippen molar-refractivity contribution in [2.45, 2.75) is 75.0 Å². The molecule has 0 spiro atoms. The van der Waals surface area contributed by atoms with Gasteiger partial charge >= 0.3 is 0 Å². The lowest BCUT2D eigenvalue weighted by Crippen LogP contribution is -2.51. The van der Waals surface area contributed by atoms with Crippen LogP contribution in [-0.2, 0) is 15.6 Å². The van der Waals surface area contributed by atoms with Gasteiger partial charge in [0.25, 0.3) is 0 Å². The summed E-state index contributed by atoms with van der Waals surface area (Å²) in [6.45, 7) is 0. The molecule has 3 heteroatoms. The highest BCUT2D eigenvalue weighted by atomic mass is 35.5. The summed E-state index contributed by atoms with van der Waals surface area (Å²) in [5.41, 5.74) is 1.53. The van der Waals surface area contributed by atoms with Gasteiger partial charge in [0.2, 0.25) is 0 Å². The van der Waals surface area contributed by atoms with Gasteiger partial charge in [-0.1, -0.05) is 86.0 Å². The molecule has 0 amide bonds. The molecule has 0 unspecified atom stereocenters. The van der Waals surface area contributed by atoms with Crippen molar-refractivity contribution in [2.75, 3.05) is 0 Å². The normalized spacial score (nSPS) is 21.2. The molecule has 2 aromatic rings. The highest BCUT2D eigenvalue weighted by molar-refractivity contribution is 6.30. The number of carbonyl (C=O) groups is 1. The van der Waals surface area contributed by atoms with Gasteiger partial charge in [0, 0.05) is 10.0 Å². The van der Waals surface area contributed by atoms with Gasteiger partial charge in [-0.2, -0.15) is 0 Å². The number of ketones is 1. The highest BCUT2D eigenvalue weighted by Crippen LogP contribution is 2.50. The number of hydrogen-bond acceptors (Lipinski definition) is 1. The summed E-state index contributed by atoms with van der Waals surface area (Å²) in [5.74, 6) is 0.434. The van der Waals surface area contributed by atoms with Gasteiger partial charge in [-0.3, -0.25) is 4.79 Å². The van der Waals surface area contributed by atoms with Crippen molar-refractivity contribution in [3.05, 3.63) is 69.7 Å². The van der Waals surface area contributed by atoms with E-state index in [1.165, 1.54) is 12.8 Å². The van der Waals surface area contributed by atoms with E-state index in [0.717, 1.165) is 72.5 Å². The van der Waals surface area contributed by atoms with Crippen molar-refractivity contribution in [1.82, 2.24) is 0 Å². The summed E-state index contributed by atoms with van der Waals surface area (Å²) in [4.78, 5) is 14.5. The number of hydrogen-bond donors (Lipinski definition) is 0. The van der Waals surface area contributed by atoms with E-state index in [9.17, 15) is 4.79 Å². The van der Waals surface area contributed by atoms with E-state index in [2.05, 4.69) is 24.3 Å². The second-order valence-corrected chi connectivity index (χ2v) is 9.50. The molecular weight excluding hydrogens is 387 g/mol. The predicted molar refractivity (Wildman–Crippen MR) is 117 cm³/mol. The zero-order valence-electron chi connectivity index (χ0n) is 16.4. The molecule has 2 saturated carbocycles. The van der Waals surface area contributed by atoms with Crippen molar-refractivity contribution in [3.8, 4) is 0 Å². The van der Waals surface area contributed by atoms with Crippen LogP contribution in [0.4, 0.5) is 0 Å². The van der Waals surface area contributed by atoms with Crippen LogP contribution >= 0.6 is 23.2 Å². The zero-order chi connectivity index (χ0) is 19.6. The average molecular weight is 415 g/mol. The predicted octanol–water partition coefficient (Wildman–Crippen LogP) is 7.67. The molecule has 28 heavy (non-hydrogen) atoms. The molecule has 148 valence electrons. The quantitative estimate of drug-likeness (QED) is 0.501. The Morgan fingerprint density at radius 2 is 0.893 bits per heavy atom. The number of carbonyl (C=O) groups excluding carboxylic acids is 1. The van der Waals surface area contributed by atoms with Crippen LogP contribution in [0.15, 0.2) is 48.5 Å². The third kappa shape index (κ3) is 3.53. The Hall–Kier alpha value is -1.31. The van der Waals surface area contributed by atoms with E-state index in [1.54, 1.807) is 0 Å². The first-order chi connectivity index (χ1) is 13.6. The number of benzene rings is 2. The van der Waals surface area contributed by atoms with Crippen LogP contribution in [0.25, 0.3) is 0 Å². The molecule has 4 rings (SSSR count). The molecule has 2 aliphatic rings. The molecule has 0 N–H and O–H groups in total. The van der Waals surface area contributed by atoms with Gasteiger partial charge < -0.3 is 0 Å². The largest absolute Gasteiger partial charge is 0.298 e. The van der Waals surface area contributed by atoms with Gasteiger partial charge in [0.15, 0.2) is 5.78 Å². The average Bonchev–Trinajstić information content (AvgIpc) is 2.75. The number of Topliss-reactive ketones (excluding diaryl/α,β-unsaturated/α-hetero) is 1. The maximum atomic E-state index is 14.5. The minimum atomic E-state index is -0.389. The Balaban J connectivity index is 1.82. The van der Waals surface area contributed by atoms with E-state index in [-0.39, 0.29) is 10.8 Å². The second-order valence-electron chi connectivity index (χ2n) is 8.63. The van der Waals surface area contributed by atoms with Crippen LogP contribution in [0.5, 0.6) is 0 Å². The van der Waals surface area contributed by atoms with E-state index in [0.29, 0.717) is 5.78 Å². The van der Waals surface area contributed by atoms with Gasteiger partial charge in [0.1, 0.15) is 0 Å². The van der Waals surface area contributed by atoms with E-state index < -0.39 is 0 Å². The Kier molecular flexibility index (Phi) is 5.86.